The smallest absolute Gasteiger partial charge is 0.277 e. The van der Waals surface area contributed by atoms with Crippen molar-refractivity contribution in [2.45, 2.75) is 24.8 Å². The number of aromatic amines is 1. The molecule has 1 amide bonds. The van der Waals surface area contributed by atoms with Gasteiger partial charge in [0, 0.05) is 24.2 Å². The van der Waals surface area contributed by atoms with Crippen LogP contribution in [0.1, 0.15) is 52.2 Å². The first-order valence-electron chi connectivity index (χ1n) is 13.9. The Morgan fingerprint density at radius 3 is 2.42 bits per heavy atom. The number of likely N-dealkylation sites (tertiary alicyclic amines) is 1. The summed E-state index contributed by atoms with van der Waals surface area (Å²) in [5.74, 6) is 1.23. The van der Waals surface area contributed by atoms with Crippen LogP contribution in [0.3, 0.4) is 0 Å². The number of imidazole rings is 1. The van der Waals surface area contributed by atoms with E-state index in [-0.39, 0.29) is 5.91 Å². The number of benzene rings is 3. The van der Waals surface area contributed by atoms with Gasteiger partial charge < -0.3 is 9.88 Å². The molecule has 2 N–H and O–H groups in total. The second-order valence-electron chi connectivity index (χ2n) is 10.8. The molecule has 7 heteroatoms. The highest BCUT2D eigenvalue weighted by Crippen LogP contribution is 2.33. The maximum atomic E-state index is 14.1. The Hall–Kier alpha value is -4.62. The number of piperidine rings is 1. The number of hydrogen-bond donors (Lipinski definition) is 2. The van der Waals surface area contributed by atoms with E-state index in [1.807, 2.05) is 66.9 Å². The van der Waals surface area contributed by atoms with Gasteiger partial charge in [-0.1, -0.05) is 66.7 Å². The van der Waals surface area contributed by atoms with E-state index >= 15 is 0 Å². The molecule has 7 nitrogen and oxygen atoms in total. The normalized spacial score (nSPS) is 17.0. The van der Waals surface area contributed by atoms with Crippen molar-refractivity contribution in [2.75, 3.05) is 25.6 Å². The van der Waals surface area contributed by atoms with Gasteiger partial charge in [0.2, 0.25) is 0 Å². The van der Waals surface area contributed by atoms with Gasteiger partial charge >= 0.3 is 0 Å². The number of nitrogens with one attached hydrogen (secondary N) is 2. The third kappa shape index (κ3) is 4.48. The molecule has 1 saturated heterocycles. The molecular formula is C33H32N6O. The van der Waals surface area contributed by atoms with E-state index in [1.165, 1.54) is 18.4 Å². The number of para-hydroxylation sites is 2. The van der Waals surface area contributed by atoms with E-state index in [0.717, 1.165) is 46.6 Å². The molecule has 200 valence electrons. The quantitative estimate of drug-likeness (QED) is 0.289. The van der Waals surface area contributed by atoms with Gasteiger partial charge in [-0.3, -0.25) is 19.8 Å². The number of carbonyl (C=O) groups is 1. The Labute approximate surface area is 233 Å². The SMILES string of the molecule is CN1CCC(c2ccc(-c3cc4n(c3)NC=CN(C(c3ccccc3)c3nc5ccccc5[nH]3)C4=O)cc2)CC1. The van der Waals surface area contributed by atoms with Crippen molar-refractivity contribution in [3.05, 3.63) is 126 Å². The number of H-pyrrole nitrogens is 1. The fourth-order valence-electron chi connectivity index (χ4n) is 5.97. The van der Waals surface area contributed by atoms with Crippen LogP contribution in [0.4, 0.5) is 0 Å². The third-order valence-corrected chi connectivity index (χ3v) is 8.22. The highest BCUT2D eigenvalue weighted by Gasteiger charge is 2.32. The number of nitrogens with zero attached hydrogens (tertiary/aromatic N) is 4. The van der Waals surface area contributed by atoms with Crippen LogP contribution in [-0.4, -0.2) is 50.5 Å². The maximum absolute atomic E-state index is 14.1. The van der Waals surface area contributed by atoms with Gasteiger partial charge in [0.05, 0.1) is 11.0 Å². The van der Waals surface area contributed by atoms with Crippen LogP contribution in [0.2, 0.25) is 0 Å². The van der Waals surface area contributed by atoms with E-state index in [4.69, 9.17) is 4.98 Å². The van der Waals surface area contributed by atoms with Crippen LogP contribution in [0.5, 0.6) is 0 Å². The van der Waals surface area contributed by atoms with Gasteiger partial charge in [0.15, 0.2) is 0 Å². The van der Waals surface area contributed by atoms with Crippen LogP contribution in [0.25, 0.3) is 22.2 Å². The molecule has 1 atom stereocenters. The van der Waals surface area contributed by atoms with E-state index < -0.39 is 6.04 Å². The molecule has 1 fully saturated rings. The van der Waals surface area contributed by atoms with Crippen LogP contribution in [0, 0.1) is 0 Å². The van der Waals surface area contributed by atoms with E-state index in [0.29, 0.717) is 11.6 Å². The fourth-order valence-corrected chi connectivity index (χ4v) is 5.97. The van der Waals surface area contributed by atoms with Crippen LogP contribution >= 0.6 is 0 Å². The summed E-state index contributed by atoms with van der Waals surface area (Å²) in [6, 6.07) is 28.4. The number of carbonyl (C=O) groups excluding carboxylic acids is 1. The molecule has 0 saturated carbocycles. The second kappa shape index (κ2) is 10.2. The minimum atomic E-state index is -0.419. The molecule has 2 aliphatic rings. The predicted octanol–water partition coefficient (Wildman–Crippen LogP) is 6.10. The lowest BCUT2D eigenvalue weighted by Crippen LogP contribution is -2.32. The van der Waals surface area contributed by atoms with Crippen molar-refractivity contribution in [1.29, 1.82) is 0 Å². The average Bonchev–Trinajstić information content (AvgIpc) is 3.58. The Morgan fingerprint density at radius 1 is 0.900 bits per heavy atom. The summed E-state index contributed by atoms with van der Waals surface area (Å²) < 4.78 is 1.81. The standard InChI is InChI=1S/C33H32N6O/c1-37-18-15-25(16-19-37)23-11-13-24(14-12-23)27-21-30-33(40)38(20-17-34-39(30)22-27)31(26-7-3-2-4-8-26)32-35-28-9-5-6-10-29(28)36-32/h2-14,17,20-22,25,31,34H,15-16,18-19H2,1H3,(H,35,36). The summed E-state index contributed by atoms with van der Waals surface area (Å²) in [4.78, 5) is 26.6. The van der Waals surface area contributed by atoms with Crippen molar-refractivity contribution in [2.24, 2.45) is 0 Å². The fraction of sp³-hybridized carbons (Fsp3) is 0.212. The summed E-state index contributed by atoms with van der Waals surface area (Å²) in [7, 11) is 2.20. The zero-order valence-electron chi connectivity index (χ0n) is 22.5. The molecule has 0 bridgehead atoms. The van der Waals surface area contributed by atoms with E-state index in [1.54, 1.807) is 22.0 Å². The van der Waals surface area contributed by atoms with Crippen molar-refractivity contribution < 1.29 is 4.79 Å². The molecule has 7 rings (SSSR count). The average molecular weight is 529 g/mol. The van der Waals surface area contributed by atoms with E-state index in [9.17, 15) is 4.79 Å². The topological polar surface area (TPSA) is 69.2 Å². The van der Waals surface area contributed by atoms with Gasteiger partial charge in [-0.2, -0.15) is 0 Å². The van der Waals surface area contributed by atoms with Crippen molar-refractivity contribution in [3.63, 3.8) is 0 Å². The zero-order chi connectivity index (χ0) is 27.1. The molecule has 4 heterocycles. The Bertz CT molecular complexity index is 1640. The number of fused-ring (bicyclic) bond motifs is 2. The molecule has 3 aromatic carbocycles. The van der Waals surface area contributed by atoms with Crippen LogP contribution < -0.4 is 5.43 Å². The molecule has 5 aromatic rings. The molecule has 0 aliphatic carbocycles. The Morgan fingerprint density at radius 2 is 1.65 bits per heavy atom. The first kappa shape index (κ1) is 24.4. The highest BCUT2D eigenvalue weighted by atomic mass is 16.2. The number of hydrogen-bond acceptors (Lipinski definition) is 4. The van der Waals surface area contributed by atoms with Crippen LogP contribution in [0.15, 0.2) is 104 Å². The second-order valence-corrected chi connectivity index (χ2v) is 10.8. The van der Waals surface area contributed by atoms with Gasteiger partial charge in [0.25, 0.3) is 5.91 Å². The third-order valence-electron chi connectivity index (χ3n) is 8.22. The van der Waals surface area contributed by atoms with Crippen molar-refractivity contribution in [3.8, 4) is 11.1 Å². The summed E-state index contributed by atoms with van der Waals surface area (Å²) >= 11 is 0. The minimum absolute atomic E-state index is 0.107. The van der Waals surface area contributed by atoms with Gasteiger partial charge in [-0.15, -0.1) is 0 Å². The largest absolute Gasteiger partial charge is 0.340 e. The molecular weight excluding hydrogens is 496 g/mol. The van der Waals surface area contributed by atoms with Gasteiger partial charge in [0.1, 0.15) is 17.6 Å². The lowest BCUT2D eigenvalue weighted by Gasteiger charge is -2.29. The zero-order valence-corrected chi connectivity index (χ0v) is 22.5. The Kier molecular flexibility index (Phi) is 6.21. The number of aromatic nitrogens is 3. The minimum Gasteiger partial charge on any atom is -0.340 e. The molecule has 0 radical (unpaired) electrons. The highest BCUT2D eigenvalue weighted by molar-refractivity contribution is 5.96. The first-order valence-corrected chi connectivity index (χ1v) is 13.9. The van der Waals surface area contributed by atoms with E-state index in [2.05, 4.69) is 46.6 Å². The first-order chi connectivity index (χ1) is 19.6. The van der Waals surface area contributed by atoms with Gasteiger partial charge in [-0.25, -0.2) is 4.98 Å². The lowest BCUT2D eigenvalue weighted by atomic mass is 9.89. The summed E-state index contributed by atoms with van der Waals surface area (Å²) in [6.07, 6.45) is 8.00. The van der Waals surface area contributed by atoms with Gasteiger partial charge in [-0.05, 0) is 73.8 Å². The number of rotatable bonds is 5. The summed E-state index contributed by atoms with van der Waals surface area (Å²) in [5, 5.41) is 0. The monoisotopic (exact) mass is 528 g/mol. The predicted molar refractivity (Wildman–Crippen MR) is 158 cm³/mol. The molecule has 40 heavy (non-hydrogen) atoms. The summed E-state index contributed by atoms with van der Waals surface area (Å²) in [5.41, 5.74) is 10.1. The summed E-state index contributed by atoms with van der Waals surface area (Å²) in [6.45, 7) is 2.29. The maximum Gasteiger partial charge on any atom is 0.277 e. The number of amides is 1. The molecule has 0 spiro atoms. The lowest BCUT2D eigenvalue weighted by molar-refractivity contribution is 0.0779. The molecule has 1 unspecified atom stereocenters. The molecule has 2 aromatic heterocycles. The Balaban J connectivity index is 1.21. The van der Waals surface area contributed by atoms with Crippen molar-refractivity contribution in [1.82, 2.24) is 24.4 Å². The van der Waals surface area contributed by atoms with Crippen LogP contribution in [-0.2, 0) is 0 Å². The van der Waals surface area contributed by atoms with Crippen molar-refractivity contribution >= 4 is 16.9 Å². The molecule has 2 aliphatic heterocycles.